The van der Waals surface area contributed by atoms with Gasteiger partial charge in [-0.2, -0.15) is 0 Å². The molecule has 0 spiro atoms. The highest BCUT2D eigenvalue weighted by atomic mass is 35.5. The molecule has 0 radical (unpaired) electrons. The van der Waals surface area contributed by atoms with Gasteiger partial charge < -0.3 is 5.11 Å². The van der Waals surface area contributed by atoms with Crippen LogP contribution in [0.1, 0.15) is 28.3 Å². The summed E-state index contributed by atoms with van der Waals surface area (Å²) in [6.45, 7) is 0. The maximum absolute atomic E-state index is 11.4. The lowest BCUT2D eigenvalue weighted by Gasteiger charge is -2.03. The van der Waals surface area contributed by atoms with Gasteiger partial charge in [-0.05, 0) is 17.7 Å². The molecule has 72 valence electrons. The van der Waals surface area contributed by atoms with E-state index in [1.807, 2.05) is 0 Å². The molecule has 0 heterocycles. The van der Waals surface area contributed by atoms with Crippen LogP contribution >= 0.6 is 11.6 Å². The highest BCUT2D eigenvalue weighted by molar-refractivity contribution is 6.31. The second-order valence-electron chi connectivity index (χ2n) is 3.25. The van der Waals surface area contributed by atoms with Crippen LogP contribution in [-0.2, 0) is 4.79 Å². The Bertz CT molecular complexity index is 425. The fourth-order valence-electron chi connectivity index (χ4n) is 1.70. The lowest BCUT2D eigenvalue weighted by molar-refractivity contribution is -0.138. The molecule has 4 heteroatoms. The molecule has 1 atom stereocenters. The van der Waals surface area contributed by atoms with Crippen molar-refractivity contribution >= 4 is 23.4 Å². The topological polar surface area (TPSA) is 54.4 Å². The molecule has 0 aliphatic heterocycles. The molecule has 0 saturated heterocycles. The van der Waals surface area contributed by atoms with Crippen LogP contribution in [0.25, 0.3) is 0 Å². The Balaban J connectivity index is 2.55. The third-order valence-electron chi connectivity index (χ3n) is 2.38. The van der Waals surface area contributed by atoms with Crippen LogP contribution in [0.5, 0.6) is 0 Å². The van der Waals surface area contributed by atoms with Crippen molar-refractivity contribution in [3.63, 3.8) is 0 Å². The largest absolute Gasteiger partial charge is 0.481 e. The molecular weight excluding hydrogens is 204 g/mol. The molecule has 1 aliphatic rings. The van der Waals surface area contributed by atoms with Crippen LogP contribution in [0.4, 0.5) is 0 Å². The number of rotatable bonds is 1. The summed E-state index contributed by atoms with van der Waals surface area (Å²) < 4.78 is 0. The third-order valence-corrected chi connectivity index (χ3v) is 2.61. The van der Waals surface area contributed by atoms with Gasteiger partial charge in [0.05, 0.1) is 5.92 Å². The number of hydrogen-bond acceptors (Lipinski definition) is 2. The fourth-order valence-corrected chi connectivity index (χ4v) is 1.87. The van der Waals surface area contributed by atoms with E-state index in [1.54, 1.807) is 12.1 Å². The average molecular weight is 211 g/mol. The molecule has 0 amide bonds. The second kappa shape index (κ2) is 3.10. The van der Waals surface area contributed by atoms with Crippen molar-refractivity contribution in [3.8, 4) is 0 Å². The van der Waals surface area contributed by atoms with Crippen molar-refractivity contribution in [2.75, 3.05) is 0 Å². The minimum atomic E-state index is -0.959. The minimum Gasteiger partial charge on any atom is -0.481 e. The Kier molecular flexibility index (Phi) is 2.04. The van der Waals surface area contributed by atoms with Crippen molar-refractivity contribution in [2.45, 2.75) is 12.3 Å². The summed E-state index contributed by atoms with van der Waals surface area (Å²) in [5.41, 5.74) is 1.02. The Hall–Kier alpha value is -1.35. The SMILES string of the molecule is O=C1C[C@H](C(=O)O)c2ccc(Cl)cc21. The van der Waals surface area contributed by atoms with E-state index < -0.39 is 11.9 Å². The molecule has 0 aromatic heterocycles. The first-order valence-corrected chi connectivity index (χ1v) is 4.53. The Morgan fingerprint density at radius 3 is 2.86 bits per heavy atom. The van der Waals surface area contributed by atoms with Crippen molar-refractivity contribution in [2.24, 2.45) is 0 Å². The van der Waals surface area contributed by atoms with E-state index in [-0.39, 0.29) is 12.2 Å². The van der Waals surface area contributed by atoms with Gasteiger partial charge in [0, 0.05) is 17.0 Å². The van der Waals surface area contributed by atoms with Gasteiger partial charge in [0.2, 0.25) is 0 Å². The number of carboxylic acids is 1. The lowest BCUT2D eigenvalue weighted by atomic mass is 10.0. The summed E-state index contributed by atoms with van der Waals surface area (Å²) in [4.78, 5) is 22.2. The molecule has 0 fully saturated rings. The maximum atomic E-state index is 11.4. The van der Waals surface area contributed by atoms with Crippen molar-refractivity contribution in [3.05, 3.63) is 34.3 Å². The monoisotopic (exact) mass is 210 g/mol. The molecule has 2 rings (SSSR count). The summed E-state index contributed by atoms with van der Waals surface area (Å²) >= 11 is 5.72. The van der Waals surface area contributed by atoms with Gasteiger partial charge >= 0.3 is 5.97 Å². The predicted octanol–water partition coefficient (Wildman–Crippen LogP) is 2.09. The van der Waals surface area contributed by atoms with Gasteiger partial charge in [0.1, 0.15) is 0 Å². The number of carbonyl (C=O) groups is 2. The van der Waals surface area contributed by atoms with Crippen LogP contribution in [0.2, 0.25) is 5.02 Å². The summed E-state index contributed by atoms with van der Waals surface area (Å²) in [5, 5.41) is 9.32. The van der Waals surface area contributed by atoms with Crippen molar-refractivity contribution < 1.29 is 14.7 Å². The van der Waals surface area contributed by atoms with E-state index in [1.165, 1.54) is 6.07 Å². The summed E-state index contributed by atoms with van der Waals surface area (Å²) in [6.07, 6.45) is 0.0466. The summed E-state index contributed by atoms with van der Waals surface area (Å²) in [6, 6.07) is 4.75. The number of hydrogen-bond donors (Lipinski definition) is 1. The Labute approximate surface area is 85.3 Å². The first-order chi connectivity index (χ1) is 6.59. The van der Waals surface area contributed by atoms with Gasteiger partial charge in [0.15, 0.2) is 5.78 Å². The van der Waals surface area contributed by atoms with Crippen LogP contribution in [0, 0.1) is 0 Å². The van der Waals surface area contributed by atoms with Crippen LogP contribution in [0.15, 0.2) is 18.2 Å². The number of carbonyl (C=O) groups excluding carboxylic acids is 1. The lowest BCUT2D eigenvalue weighted by Crippen LogP contribution is -2.08. The normalized spacial score (nSPS) is 19.5. The first-order valence-electron chi connectivity index (χ1n) is 4.15. The van der Waals surface area contributed by atoms with E-state index in [0.717, 1.165) is 0 Å². The van der Waals surface area contributed by atoms with Gasteiger partial charge in [-0.25, -0.2) is 0 Å². The van der Waals surface area contributed by atoms with Crippen LogP contribution in [0.3, 0.4) is 0 Å². The van der Waals surface area contributed by atoms with E-state index >= 15 is 0 Å². The van der Waals surface area contributed by atoms with Crippen LogP contribution in [-0.4, -0.2) is 16.9 Å². The van der Waals surface area contributed by atoms with Gasteiger partial charge in [0.25, 0.3) is 0 Å². The molecule has 1 aliphatic carbocycles. The molecule has 3 nitrogen and oxygen atoms in total. The minimum absolute atomic E-state index is 0.0466. The molecular formula is C10H7ClO3. The molecule has 0 saturated carbocycles. The number of halogens is 1. The molecule has 0 unspecified atom stereocenters. The standard InChI is InChI=1S/C10H7ClO3/c11-5-1-2-6-7(3-5)9(12)4-8(6)10(13)14/h1-3,8H,4H2,(H,13,14)/t8-/m0/s1. The number of aliphatic carboxylic acids is 1. The van der Waals surface area contributed by atoms with Crippen molar-refractivity contribution in [1.29, 1.82) is 0 Å². The van der Waals surface area contributed by atoms with Crippen LogP contribution < -0.4 is 0 Å². The third kappa shape index (κ3) is 1.30. The molecule has 0 bridgehead atoms. The highest BCUT2D eigenvalue weighted by Crippen LogP contribution is 2.34. The fraction of sp³-hybridized carbons (Fsp3) is 0.200. The first kappa shape index (κ1) is 9.21. The van der Waals surface area contributed by atoms with Gasteiger partial charge in [-0.3, -0.25) is 9.59 Å². The molecule has 1 N–H and O–H groups in total. The van der Waals surface area contributed by atoms with E-state index in [0.29, 0.717) is 16.1 Å². The zero-order valence-electron chi connectivity index (χ0n) is 7.16. The number of benzene rings is 1. The quantitative estimate of drug-likeness (QED) is 0.772. The Morgan fingerprint density at radius 2 is 2.21 bits per heavy atom. The number of ketones is 1. The highest BCUT2D eigenvalue weighted by Gasteiger charge is 2.34. The number of fused-ring (bicyclic) bond motifs is 1. The van der Waals surface area contributed by atoms with Gasteiger partial charge in [-0.15, -0.1) is 0 Å². The zero-order chi connectivity index (χ0) is 10.3. The average Bonchev–Trinajstić information content (AvgIpc) is 2.44. The number of Topliss-reactive ketones (excluding diaryl/α,β-unsaturated/α-hetero) is 1. The van der Waals surface area contributed by atoms with E-state index in [4.69, 9.17) is 16.7 Å². The van der Waals surface area contributed by atoms with Crippen molar-refractivity contribution in [1.82, 2.24) is 0 Å². The zero-order valence-corrected chi connectivity index (χ0v) is 7.91. The maximum Gasteiger partial charge on any atom is 0.311 e. The smallest absolute Gasteiger partial charge is 0.311 e. The summed E-state index contributed by atoms with van der Waals surface area (Å²) in [5.74, 6) is -1.80. The summed E-state index contributed by atoms with van der Waals surface area (Å²) in [7, 11) is 0. The number of carboxylic acid groups (broad SMARTS) is 1. The van der Waals surface area contributed by atoms with E-state index in [2.05, 4.69) is 0 Å². The van der Waals surface area contributed by atoms with E-state index in [9.17, 15) is 9.59 Å². The Morgan fingerprint density at radius 1 is 1.50 bits per heavy atom. The molecule has 1 aromatic rings. The van der Waals surface area contributed by atoms with Gasteiger partial charge in [-0.1, -0.05) is 17.7 Å². The molecule has 1 aromatic carbocycles. The predicted molar refractivity (Wildman–Crippen MR) is 50.8 cm³/mol. The second-order valence-corrected chi connectivity index (χ2v) is 3.69. The molecule has 14 heavy (non-hydrogen) atoms.